The van der Waals surface area contributed by atoms with Crippen molar-refractivity contribution in [3.8, 4) is 63.2 Å². The van der Waals surface area contributed by atoms with Gasteiger partial charge >= 0.3 is 58.0 Å². The zero-order chi connectivity index (χ0) is 104. The van der Waals surface area contributed by atoms with Crippen LogP contribution in [0.25, 0.3) is 54.8 Å². The molecule has 0 bridgehead atoms. The smallest absolute Gasteiger partial charge is 0.353 e. The molecule has 0 radical (unpaired) electrons. The van der Waals surface area contributed by atoms with Crippen LogP contribution in [0.15, 0.2) is 355 Å². The summed E-state index contributed by atoms with van der Waals surface area (Å²) in [5.74, 6) is 2.24. The van der Waals surface area contributed by atoms with Gasteiger partial charge in [-0.3, -0.25) is 9.59 Å². The van der Waals surface area contributed by atoms with Crippen LogP contribution >= 0.6 is 11.3 Å². The van der Waals surface area contributed by atoms with Gasteiger partial charge in [-0.15, -0.1) is 11.3 Å². The molecule has 0 aliphatic rings. The number of rotatable bonds is 28. The minimum Gasteiger partial charge on any atom is -0.497 e. The van der Waals surface area contributed by atoms with Gasteiger partial charge in [0.1, 0.15) is 38.5 Å². The van der Waals surface area contributed by atoms with Crippen LogP contribution < -0.4 is 105 Å². The Morgan fingerprint density at radius 1 is 0.288 bits per heavy atom. The molecule has 0 unspecified atom stereocenters. The zero-order valence-corrected chi connectivity index (χ0v) is 82.8. The fourth-order valence-electron chi connectivity index (χ4n) is 15.4. The number of ether oxygens (including phenoxy) is 11. The van der Waals surface area contributed by atoms with Gasteiger partial charge in [0.2, 0.25) is 0 Å². The van der Waals surface area contributed by atoms with Crippen LogP contribution in [0.1, 0.15) is 75.5 Å². The Balaban J connectivity index is 0.000000145. The van der Waals surface area contributed by atoms with E-state index in [1.165, 1.54) is 77.2 Å². The second kappa shape index (κ2) is 48.1. The van der Waals surface area contributed by atoms with Crippen molar-refractivity contribution in [2.45, 2.75) is 46.5 Å². The summed E-state index contributed by atoms with van der Waals surface area (Å²) in [6, 6.07) is 87.3. The van der Waals surface area contributed by atoms with Gasteiger partial charge in [0.05, 0.1) is 82.2 Å². The molecule has 0 saturated heterocycles. The molecular formula is C114H101N5O26S. The molecule has 0 N–H and O–H groups in total. The highest BCUT2D eigenvalue weighted by molar-refractivity contribution is 7.12. The van der Waals surface area contributed by atoms with Crippen LogP contribution in [0.5, 0.6) is 63.2 Å². The molecule has 0 fully saturated rings. The number of anilines is 10. The molecule has 18 aromatic rings. The number of para-hydroxylation sites is 5. The number of methoxy groups -OCH3 is 6. The Labute approximate surface area is 840 Å². The second-order valence-electron chi connectivity index (χ2n) is 32.3. The number of fused-ring (bicyclic) bond motifs is 5. The summed E-state index contributed by atoms with van der Waals surface area (Å²) in [4.78, 5) is 131. The van der Waals surface area contributed by atoms with Crippen LogP contribution in [0.4, 0.5) is 56.9 Å². The first-order chi connectivity index (χ1) is 70.6. The highest BCUT2D eigenvalue weighted by Gasteiger charge is 2.26. The molecule has 0 atom stereocenters. The Morgan fingerprint density at radius 2 is 0.575 bits per heavy atom. The van der Waals surface area contributed by atoms with E-state index in [0.717, 1.165) is 62.4 Å². The lowest BCUT2D eigenvalue weighted by Crippen LogP contribution is -2.14. The molecule has 6 heterocycles. The number of carbonyl (C=O) groups excluding carboxylic acids is 5. The van der Waals surface area contributed by atoms with Gasteiger partial charge < -0.3 is 98.7 Å². The van der Waals surface area contributed by atoms with Crippen molar-refractivity contribution in [1.29, 1.82) is 0 Å². The molecule has 32 heteroatoms. The third kappa shape index (κ3) is 24.9. The van der Waals surface area contributed by atoms with Crippen LogP contribution in [-0.4, -0.2) is 108 Å². The Bertz CT molecular complexity index is 8120. The minimum absolute atomic E-state index is 0.255. The van der Waals surface area contributed by atoms with Crippen LogP contribution in [0.3, 0.4) is 0 Å². The maximum atomic E-state index is 12.7. The minimum atomic E-state index is -0.531. The van der Waals surface area contributed by atoms with Gasteiger partial charge in [-0.2, -0.15) is 0 Å². The van der Waals surface area contributed by atoms with E-state index in [-0.39, 0.29) is 29.9 Å². The van der Waals surface area contributed by atoms with E-state index in [1.54, 1.807) is 160 Å². The van der Waals surface area contributed by atoms with E-state index >= 15 is 0 Å². The van der Waals surface area contributed by atoms with Gasteiger partial charge in [-0.25, -0.2) is 38.4 Å². The number of hydrogen-bond donors (Lipinski definition) is 0. The number of carbonyl (C=O) groups is 5. The van der Waals surface area contributed by atoms with Crippen molar-refractivity contribution in [1.82, 2.24) is 0 Å². The average molecular weight is 1990 g/mol. The van der Waals surface area contributed by atoms with Crippen molar-refractivity contribution in [2.24, 2.45) is 0 Å². The molecule has 12 aromatic carbocycles. The highest BCUT2D eigenvalue weighted by atomic mass is 32.1. The predicted molar refractivity (Wildman–Crippen MR) is 562 cm³/mol. The number of benzene rings is 12. The van der Waals surface area contributed by atoms with Gasteiger partial charge in [0.15, 0.2) is 57.5 Å². The van der Waals surface area contributed by atoms with Crippen molar-refractivity contribution < 1.29 is 98.2 Å². The summed E-state index contributed by atoms with van der Waals surface area (Å²) in [5, 5.41) is 5.78. The maximum absolute atomic E-state index is 12.7. The molecule has 0 spiro atoms. The molecule has 0 amide bonds. The lowest BCUT2D eigenvalue weighted by atomic mass is 10.1. The van der Waals surface area contributed by atoms with E-state index < -0.39 is 46.0 Å². The molecule has 744 valence electrons. The molecule has 0 saturated carbocycles. The monoisotopic (exact) mass is 1990 g/mol. The predicted octanol–water partition coefficient (Wildman–Crippen LogP) is 23.3. The first kappa shape index (κ1) is 103. The summed E-state index contributed by atoms with van der Waals surface area (Å²) in [6.07, 6.45) is 2.29. The quantitative estimate of drug-likeness (QED) is 0.0250. The Kier molecular flexibility index (Phi) is 34.1. The molecule has 6 aromatic heterocycles. The molecule has 146 heavy (non-hydrogen) atoms. The topological polar surface area (TPSA) is 354 Å². The van der Waals surface area contributed by atoms with Crippen LogP contribution in [0.2, 0.25) is 0 Å². The Morgan fingerprint density at radius 3 is 0.863 bits per heavy atom. The van der Waals surface area contributed by atoms with E-state index in [0.29, 0.717) is 142 Å². The summed E-state index contributed by atoms with van der Waals surface area (Å²) in [6.45, 7) is 5.59. The van der Waals surface area contributed by atoms with Crippen molar-refractivity contribution >= 4 is 153 Å². The lowest BCUT2D eigenvalue weighted by Gasteiger charge is -2.22. The third-order valence-electron chi connectivity index (χ3n) is 23.1. The number of esters is 5. The first-order valence-electron chi connectivity index (χ1n) is 45.6. The third-order valence-corrected chi connectivity index (χ3v) is 24.0. The van der Waals surface area contributed by atoms with Gasteiger partial charge in [0, 0.05) is 164 Å². The molecule has 0 aliphatic carbocycles. The highest BCUT2D eigenvalue weighted by Crippen LogP contribution is 2.44. The van der Waals surface area contributed by atoms with Crippen molar-refractivity contribution in [2.75, 3.05) is 102 Å². The SMILES string of the molecule is CCC(=O)Oc1cc(N(C)c2cc(=O)oc3ccccc23)ccc1OC.CCCCC(=O)Oc1cc(N(C)c2cc(=O)oc3ccccc23)ccc1OC.COc1ccc(C(=O)Oc2cc(N(C)c3cc(=O)oc4ccccc34)ccc2OC)cc1.COc1ccc(N(C)c2cc(=O)oc3ccccc23)cc1OC(=O)c1ccccc1C.COc1ccc(N(C)c2cc(=O)oc3ccccc23)cc1OC(=O)c1cccs1. The van der Waals surface area contributed by atoms with E-state index in [1.807, 2.05) is 206 Å². The number of thiophene rings is 1. The normalized spacial score (nSPS) is 10.6. The van der Waals surface area contributed by atoms with E-state index in [2.05, 4.69) is 0 Å². The van der Waals surface area contributed by atoms with Crippen LogP contribution in [-0.2, 0) is 9.59 Å². The maximum Gasteiger partial charge on any atom is 0.353 e. The molecule has 0 aliphatic heterocycles. The molecule has 31 nitrogen and oxygen atoms in total. The van der Waals surface area contributed by atoms with Crippen molar-refractivity contribution in [3.63, 3.8) is 0 Å². The zero-order valence-electron chi connectivity index (χ0n) is 82.0. The summed E-state index contributed by atoms with van der Waals surface area (Å²) in [5.41, 5.74) is 8.98. The van der Waals surface area contributed by atoms with Gasteiger partial charge in [-0.05, 0) is 182 Å². The van der Waals surface area contributed by atoms with E-state index in [4.69, 9.17) is 74.2 Å². The van der Waals surface area contributed by atoms with Gasteiger partial charge in [-0.1, -0.05) is 105 Å². The lowest BCUT2D eigenvalue weighted by molar-refractivity contribution is -0.135. The van der Waals surface area contributed by atoms with E-state index in [9.17, 15) is 47.9 Å². The number of aryl methyl sites for hydroxylation is 1. The number of unbranched alkanes of at least 4 members (excludes halogenated alkanes) is 1. The van der Waals surface area contributed by atoms with Crippen LogP contribution in [0, 0.1) is 6.92 Å². The number of hydrogen-bond acceptors (Lipinski definition) is 32. The fourth-order valence-corrected chi connectivity index (χ4v) is 16.0. The summed E-state index contributed by atoms with van der Waals surface area (Å²) < 4.78 is 85.9. The molecule has 18 rings (SSSR count). The first-order valence-corrected chi connectivity index (χ1v) is 46.5. The summed E-state index contributed by atoms with van der Waals surface area (Å²) in [7, 11) is 18.3. The average Bonchev–Trinajstić information content (AvgIpc) is 0.988. The van der Waals surface area contributed by atoms with Crippen molar-refractivity contribution in [3.05, 3.63) is 382 Å². The Hall–Kier alpha value is -18.5. The largest absolute Gasteiger partial charge is 0.497 e. The molecular weight excluding hydrogens is 1890 g/mol. The number of nitrogens with zero attached hydrogens (tertiary/aromatic N) is 5. The standard InChI is InChI=1S/C25H21NO6.C25H21NO5.C22H17NO5S.C22H23NO5.C20H19NO5/c1-26(20-15-24(27)31-21-7-5-4-6-19(20)21)17-10-13-22(30-3)23(14-17)32-25(28)16-8-11-18(29-2)12-9-16;1-16-8-4-5-9-18(16)25(28)31-23-14-17(12-13-22(23)29-3)26(2)20-15-24(27)30-21-11-7-6-10-19(20)21;1-23(16-13-21(24)27-17-7-4-3-6-15(16)17)14-9-10-18(26-2)19(12-14)28-22(25)20-8-5-11-29-20;1-4-5-10-21(24)28-20-13-15(11-12-19(20)26-3)23(2)17-14-22(25)27-18-9-7-6-8-16(17)18;1-4-19(22)26-18-11-13(9-10-17(18)24-3)21(2)15-12-20(23)25-16-8-6-5-7-14(15)16/h4-15H,1-3H3;4-15H,1-3H3;3-13H,1-2H3;6-9,11-14H,4-5,10H2,1-3H3;5-12H,4H2,1-3H3. The fraction of sp³-hybridized carbons (Fsp3) is 0.158. The second-order valence-corrected chi connectivity index (χ2v) is 33.2. The summed E-state index contributed by atoms with van der Waals surface area (Å²) >= 11 is 1.30. The van der Waals surface area contributed by atoms with Gasteiger partial charge in [0.25, 0.3) is 0 Å².